The predicted molar refractivity (Wildman–Crippen MR) is 78.3 cm³/mol. The summed E-state index contributed by atoms with van der Waals surface area (Å²) in [5.74, 6) is -0.906. The molecular formula is C15H9BrFNO2. The quantitative estimate of drug-likeness (QED) is 0.745. The smallest absolute Gasteiger partial charge is 0.259 e. The van der Waals surface area contributed by atoms with Crippen molar-refractivity contribution < 1.29 is 13.6 Å². The number of carbonyl (C=O) groups excluding carboxylic acids is 1. The molecule has 3 rings (SSSR count). The molecule has 1 heterocycles. The Morgan fingerprint density at radius 1 is 1.20 bits per heavy atom. The number of carbonyl (C=O) groups is 1. The van der Waals surface area contributed by atoms with E-state index in [4.69, 9.17) is 4.42 Å². The van der Waals surface area contributed by atoms with E-state index in [1.807, 2.05) is 12.1 Å². The lowest BCUT2D eigenvalue weighted by atomic mass is 10.1. The van der Waals surface area contributed by atoms with Gasteiger partial charge in [-0.1, -0.05) is 34.1 Å². The van der Waals surface area contributed by atoms with Crippen molar-refractivity contribution in [1.29, 1.82) is 0 Å². The first-order chi connectivity index (χ1) is 9.65. The Morgan fingerprint density at radius 3 is 2.80 bits per heavy atom. The third-order valence-electron chi connectivity index (χ3n) is 2.90. The number of para-hydroxylation sites is 1. The van der Waals surface area contributed by atoms with Crippen LogP contribution in [0.2, 0.25) is 0 Å². The highest BCUT2D eigenvalue weighted by atomic mass is 79.9. The molecule has 0 atom stereocenters. The van der Waals surface area contributed by atoms with E-state index in [0.717, 1.165) is 0 Å². The maximum atomic E-state index is 13.7. The molecule has 2 aromatic carbocycles. The summed E-state index contributed by atoms with van der Waals surface area (Å²) in [5.41, 5.74) is 1.13. The standard InChI is InChI=1S/C15H9BrFNO2/c16-9-5-6-13(12(17)7-9)18-15(19)11-8-20-14-4-2-1-3-10(11)14/h1-8H,(H,18,19). The van der Waals surface area contributed by atoms with Crippen LogP contribution in [0.1, 0.15) is 10.4 Å². The summed E-state index contributed by atoms with van der Waals surface area (Å²) >= 11 is 3.17. The summed E-state index contributed by atoms with van der Waals surface area (Å²) in [6.07, 6.45) is 1.37. The molecule has 100 valence electrons. The molecule has 0 saturated heterocycles. The lowest BCUT2D eigenvalue weighted by Gasteiger charge is -2.05. The molecule has 0 unspecified atom stereocenters. The van der Waals surface area contributed by atoms with E-state index in [0.29, 0.717) is 21.0 Å². The molecule has 5 heteroatoms. The van der Waals surface area contributed by atoms with E-state index in [1.165, 1.54) is 18.4 Å². The second-order valence-corrected chi connectivity index (χ2v) is 5.14. The third kappa shape index (κ3) is 2.32. The van der Waals surface area contributed by atoms with E-state index in [2.05, 4.69) is 21.2 Å². The van der Waals surface area contributed by atoms with Crippen LogP contribution in [0.15, 0.2) is 57.6 Å². The minimum absolute atomic E-state index is 0.128. The van der Waals surface area contributed by atoms with Gasteiger partial charge in [-0.2, -0.15) is 0 Å². The van der Waals surface area contributed by atoms with Gasteiger partial charge in [-0.05, 0) is 24.3 Å². The number of furan rings is 1. The number of rotatable bonds is 2. The van der Waals surface area contributed by atoms with Crippen molar-refractivity contribution in [3.63, 3.8) is 0 Å². The van der Waals surface area contributed by atoms with Crippen molar-refractivity contribution in [2.24, 2.45) is 0 Å². The van der Waals surface area contributed by atoms with E-state index >= 15 is 0 Å². The molecule has 1 aromatic heterocycles. The van der Waals surface area contributed by atoms with Gasteiger partial charge in [0, 0.05) is 9.86 Å². The van der Waals surface area contributed by atoms with Gasteiger partial charge in [0.2, 0.25) is 0 Å². The Labute approximate surface area is 122 Å². The molecule has 20 heavy (non-hydrogen) atoms. The molecule has 1 amide bonds. The van der Waals surface area contributed by atoms with Crippen molar-refractivity contribution in [2.45, 2.75) is 0 Å². The largest absolute Gasteiger partial charge is 0.463 e. The number of amides is 1. The molecule has 0 radical (unpaired) electrons. The van der Waals surface area contributed by atoms with Crippen molar-refractivity contribution in [2.75, 3.05) is 5.32 Å². The van der Waals surface area contributed by atoms with Crippen LogP contribution in [0.4, 0.5) is 10.1 Å². The Kier molecular flexibility index (Phi) is 3.28. The first-order valence-corrected chi connectivity index (χ1v) is 6.67. The Hall–Kier alpha value is -2.14. The summed E-state index contributed by atoms with van der Waals surface area (Å²) in [7, 11) is 0. The number of nitrogens with one attached hydrogen (secondary N) is 1. The fourth-order valence-electron chi connectivity index (χ4n) is 1.93. The van der Waals surface area contributed by atoms with Crippen molar-refractivity contribution in [3.8, 4) is 0 Å². The number of hydrogen-bond acceptors (Lipinski definition) is 2. The van der Waals surface area contributed by atoms with Crippen LogP contribution in [0.3, 0.4) is 0 Å². The van der Waals surface area contributed by atoms with Crippen LogP contribution in [-0.2, 0) is 0 Å². The van der Waals surface area contributed by atoms with E-state index < -0.39 is 11.7 Å². The zero-order valence-electron chi connectivity index (χ0n) is 10.2. The van der Waals surface area contributed by atoms with Gasteiger partial charge in [0.25, 0.3) is 5.91 Å². The summed E-state index contributed by atoms with van der Waals surface area (Å²) in [6.45, 7) is 0. The number of anilines is 1. The van der Waals surface area contributed by atoms with E-state index in [1.54, 1.807) is 18.2 Å². The highest BCUT2D eigenvalue weighted by molar-refractivity contribution is 9.10. The van der Waals surface area contributed by atoms with Gasteiger partial charge >= 0.3 is 0 Å². The third-order valence-corrected chi connectivity index (χ3v) is 3.40. The van der Waals surface area contributed by atoms with Gasteiger partial charge in [0.1, 0.15) is 17.7 Å². The molecule has 0 spiro atoms. The van der Waals surface area contributed by atoms with Crippen LogP contribution in [0, 0.1) is 5.82 Å². The van der Waals surface area contributed by atoms with E-state index in [9.17, 15) is 9.18 Å². The minimum Gasteiger partial charge on any atom is -0.463 e. The number of hydrogen-bond donors (Lipinski definition) is 1. The molecule has 0 aliphatic heterocycles. The summed E-state index contributed by atoms with van der Waals surface area (Å²) in [4.78, 5) is 12.2. The second-order valence-electron chi connectivity index (χ2n) is 4.22. The molecule has 1 N–H and O–H groups in total. The Balaban J connectivity index is 1.93. The Morgan fingerprint density at radius 2 is 2.00 bits per heavy atom. The zero-order chi connectivity index (χ0) is 14.1. The maximum absolute atomic E-state index is 13.7. The second kappa shape index (κ2) is 5.09. The highest BCUT2D eigenvalue weighted by Gasteiger charge is 2.15. The monoisotopic (exact) mass is 333 g/mol. The SMILES string of the molecule is O=C(Nc1ccc(Br)cc1F)c1coc2ccccc12. The molecule has 0 aliphatic carbocycles. The fourth-order valence-corrected chi connectivity index (χ4v) is 2.27. The maximum Gasteiger partial charge on any atom is 0.259 e. The summed E-state index contributed by atoms with van der Waals surface area (Å²) in [5, 5.41) is 3.23. The topological polar surface area (TPSA) is 42.2 Å². The van der Waals surface area contributed by atoms with Crippen molar-refractivity contribution >= 4 is 38.5 Å². The van der Waals surface area contributed by atoms with Gasteiger partial charge in [-0.15, -0.1) is 0 Å². The number of fused-ring (bicyclic) bond motifs is 1. The van der Waals surface area contributed by atoms with Gasteiger partial charge in [0.15, 0.2) is 0 Å². The predicted octanol–water partition coefficient (Wildman–Crippen LogP) is 4.59. The number of benzene rings is 2. The van der Waals surface area contributed by atoms with Crippen LogP contribution in [0.5, 0.6) is 0 Å². The summed E-state index contributed by atoms with van der Waals surface area (Å²) in [6, 6.07) is 11.6. The fraction of sp³-hybridized carbons (Fsp3) is 0. The average molecular weight is 334 g/mol. The lowest BCUT2D eigenvalue weighted by molar-refractivity contribution is 0.102. The number of halogens is 2. The van der Waals surface area contributed by atoms with Crippen LogP contribution < -0.4 is 5.32 Å². The van der Waals surface area contributed by atoms with Crippen molar-refractivity contribution in [1.82, 2.24) is 0 Å². The molecule has 0 aliphatic rings. The molecular weight excluding hydrogens is 325 g/mol. The first-order valence-electron chi connectivity index (χ1n) is 5.88. The average Bonchev–Trinajstić information content (AvgIpc) is 2.86. The van der Waals surface area contributed by atoms with Gasteiger partial charge in [-0.3, -0.25) is 4.79 Å². The van der Waals surface area contributed by atoms with Gasteiger partial charge < -0.3 is 9.73 Å². The molecule has 0 saturated carbocycles. The zero-order valence-corrected chi connectivity index (χ0v) is 11.8. The molecule has 0 fully saturated rings. The van der Waals surface area contributed by atoms with Crippen LogP contribution in [0.25, 0.3) is 11.0 Å². The molecule has 0 bridgehead atoms. The van der Waals surface area contributed by atoms with Crippen molar-refractivity contribution in [3.05, 3.63) is 64.6 Å². The normalized spacial score (nSPS) is 10.7. The minimum atomic E-state index is -0.500. The Bertz CT molecular complexity index is 797. The summed E-state index contributed by atoms with van der Waals surface area (Å²) < 4.78 is 19.6. The lowest BCUT2D eigenvalue weighted by Crippen LogP contribution is -2.12. The van der Waals surface area contributed by atoms with Crippen LogP contribution >= 0.6 is 15.9 Å². The van der Waals surface area contributed by atoms with E-state index in [-0.39, 0.29) is 5.69 Å². The first kappa shape index (κ1) is 12.9. The van der Waals surface area contributed by atoms with Gasteiger partial charge in [0.05, 0.1) is 11.3 Å². The van der Waals surface area contributed by atoms with Gasteiger partial charge in [-0.25, -0.2) is 4.39 Å². The van der Waals surface area contributed by atoms with Crippen LogP contribution in [-0.4, -0.2) is 5.91 Å². The highest BCUT2D eigenvalue weighted by Crippen LogP contribution is 2.23. The molecule has 3 nitrogen and oxygen atoms in total. The molecule has 3 aromatic rings.